The number of nitrogens with one attached hydrogen (secondary N) is 2. The van der Waals surface area contributed by atoms with Gasteiger partial charge in [-0.1, -0.05) is 12.1 Å². The van der Waals surface area contributed by atoms with Crippen LogP contribution in [0.4, 0.5) is 18.9 Å². The molecule has 3 heterocycles. The van der Waals surface area contributed by atoms with Gasteiger partial charge in [-0.05, 0) is 49.6 Å². The van der Waals surface area contributed by atoms with Crippen molar-refractivity contribution in [3.8, 4) is 0 Å². The number of anilines is 1. The predicted molar refractivity (Wildman–Crippen MR) is 116 cm³/mol. The highest BCUT2D eigenvalue weighted by molar-refractivity contribution is 7.12. The fraction of sp³-hybridized carbons (Fsp3) is 0.381. The van der Waals surface area contributed by atoms with Crippen LogP contribution >= 0.6 is 11.3 Å². The van der Waals surface area contributed by atoms with Gasteiger partial charge in [-0.2, -0.15) is 18.3 Å². The molecule has 0 saturated heterocycles. The maximum atomic E-state index is 10.6. The molecule has 0 amide bonds. The van der Waals surface area contributed by atoms with Crippen LogP contribution in [0.1, 0.15) is 32.5 Å². The van der Waals surface area contributed by atoms with Gasteiger partial charge < -0.3 is 15.7 Å². The molecule has 32 heavy (non-hydrogen) atoms. The lowest BCUT2D eigenvalue weighted by molar-refractivity contribution is -0.192. The Bertz CT molecular complexity index is 1050. The zero-order valence-electron chi connectivity index (χ0n) is 17.7. The number of carboxylic acid groups (broad SMARTS) is 1. The first-order chi connectivity index (χ1) is 15.1. The number of fused-ring (bicyclic) bond motifs is 1. The van der Waals surface area contributed by atoms with E-state index in [9.17, 15) is 13.2 Å². The molecule has 7 nitrogen and oxygen atoms in total. The predicted octanol–water partition coefficient (Wildman–Crippen LogP) is 3.90. The Hall–Kier alpha value is -2.92. The summed E-state index contributed by atoms with van der Waals surface area (Å²) in [5, 5.41) is 18.6. The van der Waals surface area contributed by atoms with Crippen LogP contribution in [0.5, 0.6) is 0 Å². The van der Waals surface area contributed by atoms with E-state index in [0.29, 0.717) is 0 Å². The zero-order chi connectivity index (χ0) is 23.3. The number of hydrogen-bond donors (Lipinski definition) is 3. The minimum Gasteiger partial charge on any atom is -0.475 e. The molecule has 0 aliphatic carbocycles. The third-order valence-corrected chi connectivity index (χ3v) is 5.96. The zero-order valence-corrected chi connectivity index (χ0v) is 18.5. The summed E-state index contributed by atoms with van der Waals surface area (Å²) in [7, 11) is 0. The molecule has 2 aromatic heterocycles. The Morgan fingerprint density at radius 3 is 2.69 bits per heavy atom. The van der Waals surface area contributed by atoms with E-state index in [1.807, 2.05) is 29.9 Å². The smallest absolute Gasteiger partial charge is 0.475 e. The average Bonchev–Trinajstić information content (AvgIpc) is 3.28. The molecular weight excluding hydrogens is 443 g/mol. The summed E-state index contributed by atoms with van der Waals surface area (Å²) in [5.41, 5.74) is 3.85. The molecule has 172 valence electrons. The van der Waals surface area contributed by atoms with Crippen molar-refractivity contribution in [2.75, 3.05) is 11.9 Å². The van der Waals surface area contributed by atoms with Crippen LogP contribution in [0.15, 0.2) is 30.3 Å². The quantitative estimate of drug-likeness (QED) is 0.527. The van der Waals surface area contributed by atoms with Gasteiger partial charge in [0, 0.05) is 35.1 Å². The molecular formula is C21H24F3N5O2S. The maximum absolute atomic E-state index is 10.6. The third kappa shape index (κ3) is 6.54. The van der Waals surface area contributed by atoms with Crippen molar-refractivity contribution < 1.29 is 23.1 Å². The average molecular weight is 468 g/mol. The normalized spacial score (nSPS) is 13.2. The molecule has 0 bridgehead atoms. The van der Waals surface area contributed by atoms with Gasteiger partial charge in [0.1, 0.15) is 11.6 Å². The van der Waals surface area contributed by atoms with E-state index < -0.39 is 12.1 Å². The molecule has 0 radical (unpaired) electrons. The standard InChI is InChI=1S/C19H23N5S.C2HF3O2/c1-13-22-14(2)24(23-13)12-15-4-3-5-17(8-15)21-11-18-9-16-10-20-7-6-19(16)25-18;3-2(4,5)1(6)7/h3-5,8-9,20-21H,6-7,10-12H2,1-2H3;(H,6,7). The molecule has 4 rings (SSSR count). The third-order valence-electron chi connectivity index (χ3n) is 4.72. The van der Waals surface area contributed by atoms with E-state index in [1.54, 1.807) is 4.88 Å². The van der Waals surface area contributed by atoms with E-state index in [0.717, 1.165) is 49.9 Å². The Balaban J connectivity index is 0.000000360. The summed E-state index contributed by atoms with van der Waals surface area (Å²) < 4.78 is 33.7. The molecule has 3 N–H and O–H groups in total. The van der Waals surface area contributed by atoms with E-state index in [1.165, 1.54) is 16.0 Å². The molecule has 1 aliphatic heterocycles. The number of hydrogen-bond acceptors (Lipinski definition) is 6. The van der Waals surface area contributed by atoms with Crippen molar-refractivity contribution in [3.63, 3.8) is 0 Å². The summed E-state index contributed by atoms with van der Waals surface area (Å²) in [4.78, 5) is 16.2. The Morgan fingerprint density at radius 2 is 2.06 bits per heavy atom. The second-order valence-electron chi connectivity index (χ2n) is 7.31. The van der Waals surface area contributed by atoms with E-state index in [2.05, 4.69) is 51.0 Å². The largest absolute Gasteiger partial charge is 0.490 e. The molecule has 1 aliphatic rings. The highest BCUT2D eigenvalue weighted by Crippen LogP contribution is 2.26. The Labute approximate surface area is 187 Å². The lowest BCUT2D eigenvalue weighted by Crippen LogP contribution is -2.21. The van der Waals surface area contributed by atoms with Gasteiger partial charge in [0.25, 0.3) is 0 Å². The first-order valence-electron chi connectivity index (χ1n) is 9.94. The van der Waals surface area contributed by atoms with Crippen molar-refractivity contribution in [1.82, 2.24) is 20.1 Å². The van der Waals surface area contributed by atoms with Gasteiger partial charge in [-0.3, -0.25) is 0 Å². The van der Waals surface area contributed by atoms with Gasteiger partial charge in [0.2, 0.25) is 0 Å². The molecule has 1 aromatic carbocycles. The van der Waals surface area contributed by atoms with Crippen LogP contribution < -0.4 is 10.6 Å². The van der Waals surface area contributed by atoms with Crippen molar-refractivity contribution in [3.05, 3.63) is 62.9 Å². The number of aryl methyl sites for hydroxylation is 2. The molecule has 0 atom stereocenters. The maximum Gasteiger partial charge on any atom is 0.490 e. The number of carbonyl (C=O) groups is 1. The second kappa shape index (κ2) is 10.1. The van der Waals surface area contributed by atoms with Gasteiger partial charge in [0.05, 0.1) is 6.54 Å². The number of nitrogens with zero attached hydrogens (tertiary/aromatic N) is 3. The second-order valence-corrected chi connectivity index (χ2v) is 8.53. The number of carboxylic acids is 1. The number of thiophene rings is 1. The lowest BCUT2D eigenvalue weighted by atomic mass is 10.1. The van der Waals surface area contributed by atoms with Gasteiger partial charge >= 0.3 is 12.1 Å². The summed E-state index contributed by atoms with van der Waals surface area (Å²) in [6.45, 7) is 7.67. The number of aromatic nitrogens is 3. The van der Waals surface area contributed by atoms with E-state index in [-0.39, 0.29) is 0 Å². The summed E-state index contributed by atoms with van der Waals surface area (Å²) in [6, 6.07) is 10.9. The first kappa shape index (κ1) is 23.7. The number of halogens is 3. The van der Waals surface area contributed by atoms with Crippen LogP contribution in [0.2, 0.25) is 0 Å². The molecule has 0 saturated carbocycles. The van der Waals surface area contributed by atoms with Gasteiger partial charge in [0.15, 0.2) is 0 Å². The SMILES string of the molecule is Cc1nc(C)n(Cc2cccc(NCc3cc4c(s3)CCNC4)c2)n1.O=C(O)C(F)(F)F. The minimum atomic E-state index is -5.08. The molecule has 3 aromatic rings. The fourth-order valence-corrected chi connectivity index (χ4v) is 4.38. The van der Waals surface area contributed by atoms with Crippen molar-refractivity contribution in [2.24, 2.45) is 0 Å². The fourth-order valence-electron chi connectivity index (χ4n) is 3.25. The highest BCUT2D eigenvalue weighted by atomic mass is 32.1. The Kier molecular flexibility index (Phi) is 7.52. The van der Waals surface area contributed by atoms with Crippen molar-refractivity contribution >= 4 is 23.0 Å². The number of rotatable bonds is 5. The summed E-state index contributed by atoms with van der Waals surface area (Å²) in [5.74, 6) is -0.982. The number of benzene rings is 1. The van der Waals surface area contributed by atoms with Crippen molar-refractivity contribution in [2.45, 2.75) is 46.1 Å². The topological polar surface area (TPSA) is 92.1 Å². The van der Waals surface area contributed by atoms with Crippen LogP contribution in [0.3, 0.4) is 0 Å². The van der Waals surface area contributed by atoms with E-state index >= 15 is 0 Å². The van der Waals surface area contributed by atoms with Crippen LogP contribution in [-0.4, -0.2) is 38.6 Å². The number of alkyl halides is 3. The van der Waals surface area contributed by atoms with Crippen molar-refractivity contribution in [1.29, 1.82) is 0 Å². The van der Waals surface area contributed by atoms with Gasteiger partial charge in [-0.25, -0.2) is 14.5 Å². The molecule has 0 spiro atoms. The van der Waals surface area contributed by atoms with Gasteiger partial charge in [-0.15, -0.1) is 11.3 Å². The minimum absolute atomic E-state index is 0.751. The van der Waals surface area contributed by atoms with Crippen LogP contribution in [0, 0.1) is 13.8 Å². The van der Waals surface area contributed by atoms with Crippen LogP contribution in [-0.2, 0) is 30.8 Å². The first-order valence-corrected chi connectivity index (χ1v) is 10.8. The summed E-state index contributed by atoms with van der Waals surface area (Å²) in [6.07, 6.45) is -3.92. The van der Waals surface area contributed by atoms with E-state index in [4.69, 9.17) is 9.90 Å². The molecule has 11 heteroatoms. The lowest BCUT2D eigenvalue weighted by Gasteiger charge is -2.10. The molecule has 0 unspecified atom stereocenters. The number of aliphatic carboxylic acids is 1. The molecule has 0 fully saturated rings. The van der Waals surface area contributed by atoms with Crippen LogP contribution in [0.25, 0.3) is 0 Å². The highest BCUT2D eigenvalue weighted by Gasteiger charge is 2.38. The Morgan fingerprint density at radius 1 is 1.31 bits per heavy atom. The monoisotopic (exact) mass is 467 g/mol. The summed E-state index contributed by atoms with van der Waals surface area (Å²) >= 11 is 1.94.